The second-order valence-corrected chi connectivity index (χ2v) is 10.4. The van der Waals surface area contributed by atoms with E-state index in [1.54, 1.807) is 11.8 Å². The number of nitrogens with zero attached hydrogens (tertiary/aromatic N) is 2. The highest BCUT2D eigenvalue weighted by Crippen LogP contribution is 2.40. The lowest BCUT2D eigenvalue weighted by Gasteiger charge is -2.34. The summed E-state index contributed by atoms with van der Waals surface area (Å²) in [5, 5.41) is 14.0. The molecule has 1 aliphatic carbocycles. The van der Waals surface area contributed by atoms with E-state index in [0.29, 0.717) is 36.3 Å². The van der Waals surface area contributed by atoms with Gasteiger partial charge < -0.3 is 10.2 Å². The third-order valence-corrected chi connectivity index (χ3v) is 7.63. The Balaban J connectivity index is 1.23. The molecule has 1 unspecified atom stereocenters. The van der Waals surface area contributed by atoms with Gasteiger partial charge in [0.05, 0.1) is 11.0 Å². The van der Waals surface area contributed by atoms with E-state index in [9.17, 15) is 32.9 Å². The number of carbonyl (C=O) groups is 2. The predicted molar refractivity (Wildman–Crippen MR) is 137 cm³/mol. The summed E-state index contributed by atoms with van der Waals surface area (Å²) >= 11 is 0. The molecule has 1 heterocycles. The van der Waals surface area contributed by atoms with E-state index in [1.807, 2.05) is 24.3 Å². The Hall–Kier alpha value is -3.43. The van der Waals surface area contributed by atoms with Crippen molar-refractivity contribution in [3.8, 4) is 0 Å². The van der Waals surface area contributed by atoms with Crippen molar-refractivity contribution < 1.29 is 27.7 Å². The largest absolute Gasteiger partial charge is 0.342 e. The molecule has 2 aromatic rings. The zero-order valence-electron chi connectivity index (χ0n) is 21.4. The van der Waals surface area contributed by atoms with Crippen LogP contribution >= 0.6 is 0 Å². The molecule has 0 radical (unpaired) electrons. The van der Waals surface area contributed by atoms with Crippen LogP contribution in [0.5, 0.6) is 0 Å². The summed E-state index contributed by atoms with van der Waals surface area (Å²) in [6, 6.07) is 9.90. The van der Waals surface area contributed by atoms with E-state index < -0.39 is 22.6 Å². The third-order valence-electron chi connectivity index (χ3n) is 7.63. The van der Waals surface area contributed by atoms with Gasteiger partial charge in [0.15, 0.2) is 0 Å². The van der Waals surface area contributed by atoms with Crippen molar-refractivity contribution in [1.29, 1.82) is 0 Å². The highest BCUT2D eigenvalue weighted by atomic mass is 19.3. The first-order chi connectivity index (χ1) is 18.0. The molecule has 2 aliphatic rings. The molecule has 2 fully saturated rings. The second kappa shape index (κ2) is 11.5. The number of likely N-dealkylation sites (tertiary alicyclic amines) is 1. The molecule has 2 aromatic carbocycles. The molecule has 38 heavy (non-hydrogen) atoms. The number of nitro groups is 1. The second-order valence-electron chi connectivity index (χ2n) is 10.4. The number of halogens is 3. The minimum Gasteiger partial charge on any atom is -0.342 e. The number of aryl methyl sites for hydroxylation is 2. The van der Waals surface area contributed by atoms with Crippen LogP contribution in [-0.2, 0) is 16.0 Å². The Labute approximate surface area is 219 Å². The van der Waals surface area contributed by atoms with Gasteiger partial charge >= 0.3 is 0 Å². The van der Waals surface area contributed by atoms with Gasteiger partial charge in [-0.2, -0.15) is 0 Å². The fourth-order valence-electron chi connectivity index (χ4n) is 5.45. The summed E-state index contributed by atoms with van der Waals surface area (Å²) in [6.07, 6.45) is 2.05. The van der Waals surface area contributed by atoms with Crippen LogP contribution in [0, 0.1) is 28.8 Å². The van der Waals surface area contributed by atoms with E-state index in [2.05, 4.69) is 5.32 Å². The van der Waals surface area contributed by atoms with Crippen LogP contribution in [0.25, 0.3) is 0 Å². The zero-order valence-corrected chi connectivity index (χ0v) is 21.4. The minimum atomic E-state index is -2.72. The first-order valence-corrected chi connectivity index (χ1v) is 13.0. The summed E-state index contributed by atoms with van der Waals surface area (Å²) in [5.74, 6) is -4.04. The summed E-state index contributed by atoms with van der Waals surface area (Å²) in [5.41, 5.74) is 2.18. The van der Waals surface area contributed by atoms with E-state index in [4.69, 9.17) is 0 Å². The molecule has 1 saturated carbocycles. The Kier molecular flexibility index (Phi) is 8.38. The fourth-order valence-corrected chi connectivity index (χ4v) is 5.45. The Morgan fingerprint density at radius 2 is 1.82 bits per heavy atom. The van der Waals surface area contributed by atoms with E-state index in [1.165, 1.54) is 6.07 Å². The van der Waals surface area contributed by atoms with Crippen LogP contribution in [0.3, 0.4) is 0 Å². The van der Waals surface area contributed by atoms with E-state index >= 15 is 0 Å². The highest BCUT2D eigenvalue weighted by Gasteiger charge is 2.44. The van der Waals surface area contributed by atoms with Gasteiger partial charge in [-0.15, -0.1) is 0 Å². The molecule has 0 spiro atoms. The molecule has 0 aromatic heterocycles. The van der Waals surface area contributed by atoms with Crippen LogP contribution in [0.4, 0.5) is 24.5 Å². The summed E-state index contributed by atoms with van der Waals surface area (Å²) in [4.78, 5) is 37.3. The number of hydrogen-bond acceptors (Lipinski definition) is 4. The number of piperidine rings is 1. The average molecular weight is 532 g/mol. The summed E-state index contributed by atoms with van der Waals surface area (Å²) in [6.45, 7) is 2.65. The molecule has 1 saturated heterocycles. The van der Waals surface area contributed by atoms with Crippen molar-refractivity contribution in [3.63, 3.8) is 0 Å². The summed E-state index contributed by atoms with van der Waals surface area (Å²) < 4.78 is 40.7. The maximum atomic E-state index is 13.7. The van der Waals surface area contributed by atoms with Crippen molar-refractivity contribution in [2.75, 3.05) is 18.4 Å². The number of benzene rings is 2. The molecule has 1 N–H and O–H groups in total. The van der Waals surface area contributed by atoms with Crippen molar-refractivity contribution >= 4 is 23.2 Å². The minimum absolute atomic E-state index is 0.150. The average Bonchev–Trinajstić information content (AvgIpc) is 3.25. The molecule has 1 atom stereocenters. The van der Waals surface area contributed by atoms with Gasteiger partial charge in [-0.05, 0) is 74.3 Å². The Morgan fingerprint density at radius 3 is 2.42 bits per heavy atom. The summed E-state index contributed by atoms with van der Waals surface area (Å²) in [7, 11) is 0. The molecule has 1 aliphatic heterocycles. The lowest BCUT2D eigenvalue weighted by Crippen LogP contribution is -2.41. The lowest BCUT2D eigenvalue weighted by molar-refractivity contribution is -0.385. The van der Waals surface area contributed by atoms with Crippen LogP contribution in [0.2, 0.25) is 0 Å². The number of alkyl halides is 2. The quantitative estimate of drug-likeness (QED) is 0.327. The van der Waals surface area contributed by atoms with Gasteiger partial charge in [0.2, 0.25) is 17.7 Å². The van der Waals surface area contributed by atoms with Gasteiger partial charge in [0, 0.05) is 49.5 Å². The van der Waals surface area contributed by atoms with Crippen LogP contribution in [0.15, 0.2) is 36.4 Å². The number of nitrogens with one attached hydrogen (secondary N) is 1. The molecule has 0 bridgehead atoms. The van der Waals surface area contributed by atoms with Crippen molar-refractivity contribution in [2.24, 2.45) is 5.92 Å². The molecule has 204 valence electrons. The highest BCUT2D eigenvalue weighted by molar-refractivity contribution is 5.90. The van der Waals surface area contributed by atoms with E-state index in [-0.39, 0.29) is 55.5 Å². The van der Waals surface area contributed by atoms with Crippen LogP contribution < -0.4 is 5.32 Å². The SMILES string of the molecule is Cc1cc(CCCC(=O)Nc2ccc(C3CCN(C(=O)C4CCC(F)(F)C4)CC3)cc2)c([N+](=O)[O-])cc1F. The number of anilines is 1. The van der Waals surface area contributed by atoms with Crippen molar-refractivity contribution in [2.45, 2.75) is 70.1 Å². The molecular weight excluding hydrogens is 499 g/mol. The molecule has 4 rings (SSSR count). The van der Waals surface area contributed by atoms with Gasteiger partial charge in [0.1, 0.15) is 5.82 Å². The van der Waals surface area contributed by atoms with E-state index in [0.717, 1.165) is 24.5 Å². The first kappa shape index (κ1) is 27.6. The topological polar surface area (TPSA) is 92.6 Å². The molecule has 10 heteroatoms. The molecule has 7 nitrogen and oxygen atoms in total. The molecule has 2 amide bonds. The predicted octanol–water partition coefficient (Wildman–Crippen LogP) is 6.15. The monoisotopic (exact) mass is 531 g/mol. The van der Waals surface area contributed by atoms with Crippen LogP contribution in [0.1, 0.15) is 67.6 Å². The van der Waals surface area contributed by atoms with Crippen LogP contribution in [-0.4, -0.2) is 40.6 Å². The maximum absolute atomic E-state index is 13.7. The smallest absolute Gasteiger partial charge is 0.275 e. The number of hydrogen-bond donors (Lipinski definition) is 1. The van der Waals surface area contributed by atoms with Gasteiger partial charge in [0.25, 0.3) is 5.69 Å². The van der Waals surface area contributed by atoms with Gasteiger partial charge in [-0.1, -0.05) is 12.1 Å². The fraction of sp³-hybridized carbons (Fsp3) is 0.500. The van der Waals surface area contributed by atoms with Gasteiger partial charge in [-0.25, -0.2) is 13.2 Å². The first-order valence-electron chi connectivity index (χ1n) is 13.0. The van der Waals surface area contributed by atoms with Gasteiger partial charge in [-0.3, -0.25) is 19.7 Å². The number of amides is 2. The third kappa shape index (κ3) is 6.71. The van der Waals surface area contributed by atoms with Crippen molar-refractivity contribution in [3.05, 3.63) is 69.0 Å². The standard InChI is InChI=1S/C28H32F3N3O4/c1-18-15-21(25(34(37)38)16-24(18)29)3-2-4-26(35)32-23-7-5-19(6-8-23)20-10-13-33(14-11-20)27(36)22-9-12-28(30,31)17-22/h5-8,15-16,20,22H,2-4,9-14,17H2,1H3,(H,32,35). The number of rotatable bonds is 8. The normalized spacial score (nSPS) is 19.4. The number of carbonyl (C=O) groups excluding carboxylic acids is 2. The Morgan fingerprint density at radius 1 is 1.13 bits per heavy atom. The number of nitro benzene ring substituents is 1. The molecular formula is C28H32F3N3O4. The maximum Gasteiger partial charge on any atom is 0.275 e. The van der Waals surface area contributed by atoms with Crippen molar-refractivity contribution in [1.82, 2.24) is 4.90 Å². The lowest BCUT2D eigenvalue weighted by atomic mass is 9.88. The zero-order chi connectivity index (χ0) is 27.4. The Bertz CT molecular complexity index is 1190.